The van der Waals surface area contributed by atoms with Gasteiger partial charge in [0.15, 0.2) is 0 Å². The van der Waals surface area contributed by atoms with Crippen LogP contribution < -0.4 is 0 Å². The van der Waals surface area contributed by atoms with Crippen LogP contribution in [0.2, 0.25) is 0 Å². The predicted octanol–water partition coefficient (Wildman–Crippen LogP) is 5.68. The summed E-state index contributed by atoms with van der Waals surface area (Å²) >= 11 is 11.2. The summed E-state index contributed by atoms with van der Waals surface area (Å²) in [4.78, 5) is 0. The molecule has 0 N–H and O–H groups in total. The van der Waals surface area contributed by atoms with Gasteiger partial charge in [0.25, 0.3) is 0 Å². The second-order valence-corrected chi connectivity index (χ2v) is 5.35. The monoisotopic (exact) mass is 268 g/mol. The topological polar surface area (TPSA) is 9.23 Å². The van der Waals surface area contributed by atoms with Crippen LogP contribution in [0.15, 0.2) is 0 Å². The van der Waals surface area contributed by atoms with Gasteiger partial charge in [0.1, 0.15) is 0 Å². The van der Waals surface area contributed by atoms with E-state index < -0.39 is 5.02 Å². The zero-order valence-corrected chi connectivity index (χ0v) is 12.2. The summed E-state index contributed by atoms with van der Waals surface area (Å²) in [5.41, 5.74) is 0. The summed E-state index contributed by atoms with van der Waals surface area (Å²) in [5, 5.41) is -0.672. The van der Waals surface area contributed by atoms with Gasteiger partial charge in [-0.05, 0) is 12.8 Å². The highest BCUT2D eigenvalue weighted by molar-refractivity contribution is 6.43. The molecule has 3 heteroatoms. The first-order valence-corrected chi connectivity index (χ1v) is 7.51. The molecule has 16 heavy (non-hydrogen) atoms. The van der Waals surface area contributed by atoms with Gasteiger partial charge in [-0.2, -0.15) is 0 Å². The molecule has 0 fully saturated rings. The zero-order valence-electron chi connectivity index (χ0n) is 10.7. The highest BCUT2D eigenvalue weighted by Crippen LogP contribution is 2.16. The number of halogens is 2. The molecule has 1 atom stereocenters. The number of rotatable bonds is 11. The van der Waals surface area contributed by atoms with E-state index in [0.29, 0.717) is 0 Å². The van der Waals surface area contributed by atoms with Crippen LogP contribution in [0.5, 0.6) is 0 Å². The molecule has 0 amide bonds. The summed E-state index contributed by atoms with van der Waals surface area (Å²) in [5.74, 6) is 0. The lowest BCUT2D eigenvalue weighted by Crippen LogP contribution is -2.14. The van der Waals surface area contributed by atoms with E-state index in [2.05, 4.69) is 13.8 Å². The third-order valence-electron chi connectivity index (χ3n) is 2.88. The Balaban J connectivity index is 3.27. The summed E-state index contributed by atoms with van der Waals surface area (Å²) in [6.45, 7) is 4.36. The van der Waals surface area contributed by atoms with E-state index in [4.69, 9.17) is 27.9 Å². The molecule has 1 nitrogen and oxygen atoms in total. The van der Waals surface area contributed by atoms with Crippen molar-refractivity contribution in [1.82, 2.24) is 0 Å². The Labute approximate surface area is 111 Å². The van der Waals surface area contributed by atoms with Crippen LogP contribution >= 0.6 is 23.2 Å². The molecule has 0 saturated carbocycles. The molecule has 0 aromatic carbocycles. The fourth-order valence-corrected chi connectivity index (χ4v) is 2.13. The van der Waals surface area contributed by atoms with Gasteiger partial charge in [-0.15, -0.1) is 0 Å². The Hall–Kier alpha value is 0.540. The van der Waals surface area contributed by atoms with Crippen molar-refractivity contribution < 1.29 is 4.74 Å². The standard InChI is InChI=1S/C13H26Cl2O/c1-3-5-6-7-8-9-10-11-12(4-2)16-13(14)15/h12-13H,3-11H2,1-2H3. The number of hydrogen-bond acceptors (Lipinski definition) is 1. The molecule has 0 aromatic heterocycles. The van der Waals surface area contributed by atoms with Gasteiger partial charge >= 0.3 is 0 Å². The second-order valence-electron chi connectivity index (χ2n) is 4.34. The van der Waals surface area contributed by atoms with Crippen LogP contribution in [0, 0.1) is 0 Å². The Morgan fingerprint density at radius 3 is 1.94 bits per heavy atom. The Kier molecular flexibility index (Phi) is 12.4. The predicted molar refractivity (Wildman–Crippen MR) is 73.3 cm³/mol. The first-order valence-electron chi connectivity index (χ1n) is 6.64. The first kappa shape index (κ1) is 16.5. The number of alkyl halides is 2. The molecule has 98 valence electrons. The Bertz CT molecular complexity index is 140. The molecule has 0 spiro atoms. The van der Waals surface area contributed by atoms with Crippen molar-refractivity contribution in [3.8, 4) is 0 Å². The summed E-state index contributed by atoms with van der Waals surface area (Å²) in [6.07, 6.45) is 11.6. The smallest absolute Gasteiger partial charge is 0.206 e. The maximum atomic E-state index is 5.59. The number of ether oxygens (including phenoxy) is 1. The minimum absolute atomic E-state index is 0.232. The SMILES string of the molecule is CCCCCCCCCC(CC)OC(Cl)Cl. The quantitative estimate of drug-likeness (QED) is 0.346. The van der Waals surface area contributed by atoms with Crippen molar-refractivity contribution in [3.63, 3.8) is 0 Å². The van der Waals surface area contributed by atoms with E-state index in [1.54, 1.807) is 0 Å². The molecule has 0 radical (unpaired) electrons. The lowest BCUT2D eigenvalue weighted by molar-refractivity contribution is 0.0566. The van der Waals surface area contributed by atoms with Crippen LogP contribution in [-0.4, -0.2) is 11.1 Å². The highest BCUT2D eigenvalue weighted by atomic mass is 35.5. The number of unbranched alkanes of at least 4 members (excludes halogenated alkanes) is 6. The largest absolute Gasteiger partial charge is 0.346 e. The minimum atomic E-state index is -0.672. The maximum Gasteiger partial charge on any atom is 0.206 e. The van der Waals surface area contributed by atoms with Crippen LogP contribution in [0.4, 0.5) is 0 Å². The molecule has 0 rings (SSSR count). The average molecular weight is 269 g/mol. The van der Waals surface area contributed by atoms with Crippen molar-refractivity contribution >= 4 is 23.2 Å². The Morgan fingerprint density at radius 2 is 1.44 bits per heavy atom. The highest BCUT2D eigenvalue weighted by Gasteiger charge is 2.10. The van der Waals surface area contributed by atoms with Gasteiger partial charge in [-0.3, -0.25) is 0 Å². The number of hydrogen-bond donors (Lipinski definition) is 0. The first-order chi connectivity index (χ1) is 7.70. The summed E-state index contributed by atoms with van der Waals surface area (Å²) < 4.78 is 5.38. The van der Waals surface area contributed by atoms with Crippen LogP contribution in [0.1, 0.15) is 71.6 Å². The average Bonchev–Trinajstić information content (AvgIpc) is 2.25. The third kappa shape index (κ3) is 11.0. The third-order valence-corrected chi connectivity index (χ3v) is 3.09. The molecule has 0 aromatic rings. The fourth-order valence-electron chi connectivity index (χ4n) is 1.84. The van der Waals surface area contributed by atoms with Crippen molar-refractivity contribution in [2.24, 2.45) is 0 Å². The van der Waals surface area contributed by atoms with E-state index in [1.165, 1.54) is 44.9 Å². The minimum Gasteiger partial charge on any atom is -0.346 e. The molecule has 0 bridgehead atoms. The van der Waals surface area contributed by atoms with Gasteiger partial charge in [-0.1, -0.05) is 82.0 Å². The van der Waals surface area contributed by atoms with Crippen LogP contribution in [-0.2, 0) is 4.74 Å². The normalized spacial score (nSPS) is 13.3. The van der Waals surface area contributed by atoms with E-state index >= 15 is 0 Å². The van der Waals surface area contributed by atoms with Crippen molar-refractivity contribution in [2.75, 3.05) is 0 Å². The zero-order chi connectivity index (χ0) is 12.2. The molecule has 0 aliphatic heterocycles. The molecule has 0 saturated heterocycles. The molecular weight excluding hydrogens is 243 g/mol. The second kappa shape index (κ2) is 12.0. The summed E-state index contributed by atoms with van der Waals surface area (Å²) in [6, 6.07) is 0. The summed E-state index contributed by atoms with van der Waals surface area (Å²) in [7, 11) is 0. The van der Waals surface area contributed by atoms with Gasteiger partial charge in [0.2, 0.25) is 5.02 Å². The van der Waals surface area contributed by atoms with Crippen molar-refractivity contribution in [1.29, 1.82) is 0 Å². The van der Waals surface area contributed by atoms with Gasteiger partial charge in [0.05, 0.1) is 6.10 Å². The van der Waals surface area contributed by atoms with E-state index in [0.717, 1.165) is 12.8 Å². The van der Waals surface area contributed by atoms with E-state index in [9.17, 15) is 0 Å². The van der Waals surface area contributed by atoms with Crippen LogP contribution in [0.3, 0.4) is 0 Å². The van der Waals surface area contributed by atoms with Gasteiger partial charge in [-0.25, -0.2) is 0 Å². The Morgan fingerprint density at radius 1 is 0.875 bits per heavy atom. The molecule has 0 aliphatic carbocycles. The van der Waals surface area contributed by atoms with Gasteiger partial charge in [0, 0.05) is 0 Å². The van der Waals surface area contributed by atoms with Crippen molar-refractivity contribution in [2.45, 2.75) is 82.8 Å². The fraction of sp³-hybridized carbons (Fsp3) is 1.00. The van der Waals surface area contributed by atoms with E-state index in [-0.39, 0.29) is 6.10 Å². The maximum absolute atomic E-state index is 5.59. The van der Waals surface area contributed by atoms with Crippen molar-refractivity contribution in [3.05, 3.63) is 0 Å². The molecular formula is C13H26Cl2O. The lowest BCUT2D eigenvalue weighted by atomic mass is 10.1. The van der Waals surface area contributed by atoms with E-state index in [1.807, 2.05) is 0 Å². The molecule has 0 heterocycles. The molecule has 1 unspecified atom stereocenters. The lowest BCUT2D eigenvalue weighted by Gasteiger charge is -2.16. The van der Waals surface area contributed by atoms with Crippen LogP contribution in [0.25, 0.3) is 0 Å². The molecule has 0 aliphatic rings. The van der Waals surface area contributed by atoms with Gasteiger partial charge < -0.3 is 4.74 Å².